The number of nitrogens with zero attached hydrogens (tertiary/aromatic N) is 2. The third kappa shape index (κ3) is 7.37. The van der Waals surface area contributed by atoms with Crippen LogP contribution in [0, 0.1) is 6.92 Å². The van der Waals surface area contributed by atoms with Crippen LogP contribution in [-0.4, -0.2) is 33.2 Å². The summed E-state index contributed by atoms with van der Waals surface area (Å²) < 4.78 is 0. The van der Waals surface area contributed by atoms with Crippen LogP contribution in [-0.2, 0) is 4.79 Å². The quantitative estimate of drug-likeness (QED) is 0.591. The van der Waals surface area contributed by atoms with Crippen molar-refractivity contribution in [3.05, 3.63) is 47.8 Å². The molecule has 0 saturated heterocycles. The Kier molecular flexibility index (Phi) is 8.99. The van der Waals surface area contributed by atoms with Gasteiger partial charge < -0.3 is 20.4 Å². The van der Waals surface area contributed by atoms with Gasteiger partial charge >= 0.3 is 0 Å². The molecular weight excluding hydrogens is 366 g/mol. The summed E-state index contributed by atoms with van der Waals surface area (Å²) in [6, 6.07) is 7.99. The second-order valence-corrected chi connectivity index (χ2v) is 7.56. The van der Waals surface area contributed by atoms with Crippen molar-refractivity contribution in [1.29, 1.82) is 0 Å². The Morgan fingerprint density at radius 3 is 2.45 bits per heavy atom. The minimum atomic E-state index is -0.314. The monoisotopic (exact) mass is 397 g/mol. The normalized spacial score (nSPS) is 10.3. The number of amides is 1. The molecule has 0 radical (unpaired) electrons. The highest BCUT2D eigenvalue weighted by molar-refractivity contribution is 6.04. The van der Waals surface area contributed by atoms with Crippen molar-refractivity contribution in [2.75, 3.05) is 5.32 Å². The van der Waals surface area contributed by atoms with Crippen LogP contribution in [0.25, 0.3) is 11.2 Å². The smallest absolute Gasteiger partial charge is 0.255 e. The first-order valence-electron chi connectivity index (χ1n) is 9.52. The van der Waals surface area contributed by atoms with Crippen molar-refractivity contribution >= 4 is 35.4 Å². The van der Waals surface area contributed by atoms with E-state index in [0.29, 0.717) is 22.5 Å². The number of benzene rings is 1. The van der Waals surface area contributed by atoms with Gasteiger partial charge in [-0.05, 0) is 45.4 Å². The lowest BCUT2D eigenvalue weighted by Crippen LogP contribution is -2.40. The zero-order valence-electron chi connectivity index (χ0n) is 18.1. The molecule has 0 atom stereocenters. The van der Waals surface area contributed by atoms with Crippen LogP contribution in [0.3, 0.4) is 0 Å². The number of nitrogens with one attached hydrogen (secondary N) is 3. The van der Waals surface area contributed by atoms with Crippen molar-refractivity contribution in [2.24, 2.45) is 0 Å². The molecule has 1 aromatic carbocycles. The second kappa shape index (κ2) is 10.9. The predicted octanol–water partition coefficient (Wildman–Crippen LogP) is 4.77. The van der Waals surface area contributed by atoms with E-state index in [1.54, 1.807) is 12.4 Å². The van der Waals surface area contributed by atoms with Gasteiger partial charge in [0.1, 0.15) is 18.1 Å². The van der Waals surface area contributed by atoms with Crippen molar-refractivity contribution in [3.63, 3.8) is 0 Å². The number of rotatable bonds is 3. The van der Waals surface area contributed by atoms with Crippen molar-refractivity contribution in [3.8, 4) is 0 Å². The van der Waals surface area contributed by atoms with Crippen LogP contribution in [0.4, 0.5) is 11.5 Å². The third-order valence-corrected chi connectivity index (χ3v) is 3.40. The number of H-pyrrole nitrogens is 1. The lowest BCUT2D eigenvalue weighted by molar-refractivity contribution is -0.0980. The Balaban J connectivity index is 0.000000771. The zero-order valence-corrected chi connectivity index (χ0v) is 18.1. The average Bonchev–Trinajstić information content (AvgIpc) is 3.06. The van der Waals surface area contributed by atoms with Gasteiger partial charge in [0, 0.05) is 17.4 Å². The van der Waals surface area contributed by atoms with E-state index >= 15 is 0 Å². The van der Waals surface area contributed by atoms with Gasteiger partial charge in [-0.2, -0.15) is 0 Å². The lowest BCUT2D eigenvalue weighted by Gasteiger charge is -2.20. The zero-order chi connectivity index (χ0) is 22.0. The Labute approximate surface area is 172 Å². The maximum atomic E-state index is 12.4. The summed E-state index contributed by atoms with van der Waals surface area (Å²) in [4.78, 5) is 32.3. The minimum absolute atomic E-state index is 0.171. The van der Waals surface area contributed by atoms with Gasteiger partial charge in [0.2, 0.25) is 0 Å². The number of anilines is 2. The standard InChI is InChI=1S/C18H21N5O.C3H8.CH2O/c1-11-6-5-7-12(8-11)21-14-10-20-16-15(22-14)13(9-19-16)17(24)23-18(2,3)4;1-3-2;1-2/h5-10H,1-4H3,(H,19,20)(H,21,22)(H,23,24);3H2,1-2H3;1H2. The molecule has 0 spiro atoms. The summed E-state index contributed by atoms with van der Waals surface area (Å²) in [6.07, 6.45) is 4.54. The fourth-order valence-electron chi connectivity index (χ4n) is 2.40. The van der Waals surface area contributed by atoms with Crippen LogP contribution >= 0.6 is 0 Å². The summed E-state index contributed by atoms with van der Waals surface area (Å²) in [7, 11) is 0. The van der Waals surface area contributed by atoms with Gasteiger partial charge in [-0.25, -0.2) is 9.97 Å². The molecule has 0 fully saturated rings. The molecule has 3 aromatic rings. The molecule has 7 nitrogen and oxygen atoms in total. The van der Waals surface area contributed by atoms with E-state index in [2.05, 4.69) is 39.4 Å². The van der Waals surface area contributed by atoms with E-state index < -0.39 is 0 Å². The Bertz CT molecular complexity index is 928. The van der Waals surface area contributed by atoms with Crippen molar-refractivity contribution < 1.29 is 9.59 Å². The van der Waals surface area contributed by atoms with Crippen molar-refractivity contribution in [2.45, 2.75) is 53.5 Å². The van der Waals surface area contributed by atoms with Gasteiger partial charge in [-0.15, -0.1) is 0 Å². The lowest BCUT2D eigenvalue weighted by atomic mass is 10.1. The van der Waals surface area contributed by atoms with E-state index in [1.165, 1.54) is 6.42 Å². The molecule has 156 valence electrons. The van der Waals surface area contributed by atoms with E-state index in [4.69, 9.17) is 4.79 Å². The first-order chi connectivity index (χ1) is 13.7. The molecule has 2 heterocycles. The molecule has 1 amide bonds. The van der Waals surface area contributed by atoms with Crippen LogP contribution < -0.4 is 10.6 Å². The minimum Gasteiger partial charge on any atom is -0.347 e. The first kappa shape index (κ1) is 23.8. The highest BCUT2D eigenvalue weighted by Gasteiger charge is 2.19. The third-order valence-electron chi connectivity index (χ3n) is 3.40. The molecule has 29 heavy (non-hydrogen) atoms. The van der Waals surface area contributed by atoms with E-state index in [0.717, 1.165) is 11.3 Å². The topological polar surface area (TPSA) is 99.8 Å². The molecule has 7 heteroatoms. The summed E-state index contributed by atoms with van der Waals surface area (Å²) >= 11 is 0. The Morgan fingerprint density at radius 2 is 1.86 bits per heavy atom. The molecule has 0 unspecified atom stereocenters. The van der Waals surface area contributed by atoms with Gasteiger partial charge in [-0.3, -0.25) is 4.79 Å². The Hall–Kier alpha value is -3.22. The first-order valence-corrected chi connectivity index (χ1v) is 9.52. The molecule has 0 aliphatic heterocycles. The largest absolute Gasteiger partial charge is 0.347 e. The summed E-state index contributed by atoms with van der Waals surface area (Å²) in [6.45, 7) is 14.1. The van der Waals surface area contributed by atoms with Gasteiger partial charge in [0.15, 0.2) is 5.65 Å². The number of aryl methyl sites for hydroxylation is 1. The van der Waals surface area contributed by atoms with Crippen molar-refractivity contribution in [1.82, 2.24) is 20.3 Å². The number of aromatic nitrogens is 3. The number of hydrogen-bond donors (Lipinski definition) is 3. The summed E-state index contributed by atoms with van der Waals surface area (Å²) in [5.41, 5.74) is 3.39. The number of carbonyl (C=O) groups excluding carboxylic acids is 2. The van der Waals surface area contributed by atoms with Crippen LogP contribution in [0.1, 0.15) is 57.0 Å². The highest BCUT2D eigenvalue weighted by atomic mass is 16.1. The number of carbonyl (C=O) groups is 2. The fraction of sp³-hybridized carbons (Fsp3) is 0.364. The Morgan fingerprint density at radius 1 is 1.21 bits per heavy atom. The maximum Gasteiger partial charge on any atom is 0.255 e. The summed E-state index contributed by atoms with van der Waals surface area (Å²) in [5.74, 6) is 0.424. The van der Waals surface area contributed by atoms with Crippen LogP contribution in [0.5, 0.6) is 0 Å². The van der Waals surface area contributed by atoms with E-state index in [9.17, 15) is 4.79 Å². The highest BCUT2D eigenvalue weighted by Crippen LogP contribution is 2.20. The molecule has 0 aliphatic rings. The van der Waals surface area contributed by atoms with Gasteiger partial charge in [0.25, 0.3) is 5.91 Å². The molecule has 0 saturated carbocycles. The molecule has 2 aromatic heterocycles. The SMILES string of the molecule is C=O.CCC.Cc1cccc(Nc2cnc3[nH]cc(C(=O)NC(C)(C)C)c3n2)c1. The average molecular weight is 398 g/mol. The van der Waals surface area contributed by atoms with Crippen LogP contribution in [0.15, 0.2) is 36.7 Å². The van der Waals surface area contributed by atoms with Gasteiger partial charge in [-0.1, -0.05) is 32.4 Å². The van der Waals surface area contributed by atoms with E-state index in [1.807, 2.05) is 58.7 Å². The fourth-order valence-corrected chi connectivity index (χ4v) is 2.40. The number of aromatic amines is 1. The number of fused-ring (bicyclic) bond motifs is 1. The molecule has 0 aliphatic carbocycles. The molecule has 3 N–H and O–H groups in total. The van der Waals surface area contributed by atoms with Crippen LogP contribution in [0.2, 0.25) is 0 Å². The molecule has 3 rings (SSSR count). The molecule has 0 bridgehead atoms. The maximum absolute atomic E-state index is 12.4. The second-order valence-electron chi connectivity index (χ2n) is 7.56. The van der Waals surface area contributed by atoms with E-state index in [-0.39, 0.29) is 11.4 Å². The summed E-state index contributed by atoms with van der Waals surface area (Å²) in [5, 5.41) is 6.17. The number of hydrogen-bond acceptors (Lipinski definition) is 5. The predicted molar refractivity (Wildman–Crippen MR) is 119 cm³/mol. The molecular formula is C22H31N5O2. The van der Waals surface area contributed by atoms with Gasteiger partial charge in [0.05, 0.1) is 11.8 Å².